The first-order valence-corrected chi connectivity index (χ1v) is 8.51. The van der Waals surface area contributed by atoms with Gasteiger partial charge in [-0.1, -0.05) is 6.92 Å². The number of likely N-dealkylation sites (tertiary alicyclic amines) is 1. The molecule has 3 heterocycles. The summed E-state index contributed by atoms with van der Waals surface area (Å²) in [5, 5.41) is 8.62. The fraction of sp³-hybridized carbons (Fsp3) is 0.875. The van der Waals surface area contributed by atoms with Gasteiger partial charge < -0.3 is 14.0 Å². The molecule has 2 aliphatic rings. The molecule has 6 nitrogen and oxygen atoms in total. The van der Waals surface area contributed by atoms with E-state index in [2.05, 4.69) is 33.5 Å². The average Bonchev–Trinajstić information content (AvgIpc) is 3.10. The Kier molecular flexibility index (Phi) is 4.80. The zero-order chi connectivity index (χ0) is 15.6. The number of aromatic nitrogens is 3. The van der Waals surface area contributed by atoms with Gasteiger partial charge in [0.1, 0.15) is 11.6 Å². The second-order valence-electron chi connectivity index (χ2n) is 6.60. The zero-order valence-corrected chi connectivity index (χ0v) is 14.0. The zero-order valence-electron chi connectivity index (χ0n) is 14.0. The lowest BCUT2D eigenvalue weighted by Gasteiger charge is -2.39. The number of hydrogen-bond donors (Lipinski definition) is 0. The summed E-state index contributed by atoms with van der Waals surface area (Å²) in [5.74, 6) is 2.14. The van der Waals surface area contributed by atoms with Crippen molar-refractivity contribution < 1.29 is 9.47 Å². The van der Waals surface area contributed by atoms with E-state index in [4.69, 9.17) is 9.47 Å². The van der Waals surface area contributed by atoms with Gasteiger partial charge in [-0.15, -0.1) is 10.2 Å². The van der Waals surface area contributed by atoms with Crippen LogP contribution in [0.15, 0.2) is 0 Å². The molecule has 2 fully saturated rings. The first-order chi connectivity index (χ1) is 10.6. The Labute approximate surface area is 132 Å². The van der Waals surface area contributed by atoms with Gasteiger partial charge in [0.05, 0.1) is 19.8 Å². The van der Waals surface area contributed by atoms with Gasteiger partial charge in [0.15, 0.2) is 5.79 Å². The summed E-state index contributed by atoms with van der Waals surface area (Å²) < 4.78 is 14.0. The molecule has 124 valence electrons. The van der Waals surface area contributed by atoms with Gasteiger partial charge in [0, 0.05) is 19.0 Å². The van der Waals surface area contributed by atoms with Gasteiger partial charge in [-0.3, -0.25) is 4.90 Å². The minimum atomic E-state index is -0.397. The molecule has 0 unspecified atom stereocenters. The Morgan fingerprint density at radius 3 is 2.77 bits per heavy atom. The summed E-state index contributed by atoms with van der Waals surface area (Å²) in [4.78, 5) is 2.47. The molecule has 22 heavy (non-hydrogen) atoms. The molecule has 3 rings (SSSR count). The van der Waals surface area contributed by atoms with Crippen LogP contribution in [0, 0.1) is 12.8 Å². The normalized spacial score (nSPS) is 25.7. The third kappa shape index (κ3) is 3.19. The van der Waals surface area contributed by atoms with Crippen LogP contribution in [0.5, 0.6) is 0 Å². The quantitative estimate of drug-likeness (QED) is 0.832. The van der Waals surface area contributed by atoms with Crippen molar-refractivity contribution in [1.82, 2.24) is 19.7 Å². The average molecular weight is 308 g/mol. The SMILES string of the molecule is CCCn1c(C)nnc1CN1CCC[C@@H](C2(C)OCCO2)C1. The van der Waals surface area contributed by atoms with E-state index in [1.807, 2.05) is 6.92 Å². The van der Waals surface area contributed by atoms with Gasteiger partial charge in [-0.2, -0.15) is 0 Å². The Balaban J connectivity index is 1.65. The first-order valence-electron chi connectivity index (χ1n) is 8.51. The summed E-state index contributed by atoms with van der Waals surface area (Å²) in [6.45, 7) is 11.7. The molecular formula is C16H28N4O2. The number of nitrogens with zero attached hydrogens (tertiary/aromatic N) is 4. The molecule has 0 radical (unpaired) electrons. The molecule has 0 aromatic carbocycles. The van der Waals surface area contributed by atoms with E-state index in [1.165, 1.54) is 12.8 Å². The maximum atomic E-state index is 5.86. The van der Waals surface area contributed by atoms with Crippen LogP contribution in [-0.2, 0) is 22.6 Å². The maximum Gasteiger partial charge on any atom is 0.169 e. The fourth-order valence-electron chi connectivity index (χ4n) is 3.65. The van der Waals surface area contributed by atoms with Crippen LogP contribution in [0.25, 0.3) is 0 Å². The Morgan fingerprint density at radius 1 is 1.27 bits per heavy atom. The largest absolute Gasteiger partial charge is 0.347 e. The van der Waals surface area contributed by atoms with Crippen LogP contribution < -0.4 is 0 Å². The highest BCUT2D eigenvalue weighted by atomic mass is 16.7. The highest BCUT2D eigenvalue weighted by Crippen LogP contribution is 2.34. The van der Waals surface area contributed by atoms with Crippen LogP contribution in [0.3, 0.4) is 0 Å². The van der Waals surface area contributed by atoms with Crippen molar-refractivity contribution in [2.45, 2.75) is 58.9 Å². The Bertz CT molecular complexity index is 496. The van der Waals surface area contributed by atoms with Gasteiger partial charge in [0.2, 0.25) is 0 Å². The Hall–Kier alpha value is -0.980. The maximum absolute atomic E-state index is 5.86. The lowest BCUT2D eigenvalue weighted by atomic mass is 9.90. The molecule has 0 amide bonds. The van der Waals surface area contributed by atoms with Crippen molar-refractivity contribution in [3.05, 3.63) is 11.6 Å². The van der Waals surface area contributed by atoms with Crippen molar-refractivity contribution in [2.24, 2.45) is 5.92 Å². The van der Waals surface area contributed by atoms with Crippen molar-refractivity contribution >= 4 is 0 Å². The molecule has 0 spiro atoms. The van der Waals surface area contributed by atoms with E-state index >= 15 is 0 Å². The van der Waals surface area contributed by atoms with Crippen LogP contribution in [0.1, 0.15) is 44.8 Å². The summed E-state index contributed by atoms with van der Waals surface area (Å²) in [5.41, 5.74) is 0. The molecule has 0 aliphatic carbocycles. The molecular weight excluding hydrogens is 280 g/mol. The van der Waals surface area contributed by atoms with E-state index in [9.17, 15) is 0 Å². The van der Waals surface area contributed by atoms with Crippen LogP contribution in [-0.4, -0.2) is 51.8 Å². The Morgan fingerprint density at radius 2 is 2.05 bits per heavy atom. The van der Waals surface area contributed by atoms with E-state index in [0.29, 0.717) is 5.92 Å². The van der Waals surface area contributed by atoms with E-state index in [0.717, 1.165) is 57.5 Å². The predicted octanol–water partition coefficient (Wildman–Crippen LogP) is 1.97. The van der Waals surface area contributed by atoms with Crippen LogP contribution in [0.2, 0.25) is 0 Å². The standard InChI is InChI=1S/C16H28N4O2/c1-4-7-20-13(2)17-18-15(20)12-19-8-5-6-14(11-19)16(3)21-9-10-22-16/h14H,4-12H2,1-3H3/t14-/m1/s1. The minimum Gasteiger partial charge on any atom is -0.347 e. The molecule has 6 heteroatoms. The third-order valence-corrected chi connectivity index (χ3v) is 4.93. The van der Waals surface area contributed by atoms with Gasteiger partial charge >= 0.3 is 0 Å². The molecule has 1 aromatic heterocycles. The lowest BCUT2D eigenvalue weighted by Crippen LogP contribution is -2.46. The molecule has 1 atom stereocenters. The first kappa shape index (κ1) is 15.9. The summed E-state index contributed by atoms with van der Waals surface area (Å²) >= 11 is 0. The number of ether oxygens (including phenoxy) is 2. The van der Waals surface area contributed by atoms with Crippen molar-refractivity contribution in [3.63, 3.8) is 0 Å². The minimum absolute atomic E-state index is 0.397. The number of aryl methyl sites for hydroxylation is 1. The monoisotopic (exact) mass is 308 g/mol. The molecule has 0 N–H and O–H groups in total. The second kappa shape index (κ2) is 6.64. The van der Waals surface area contributed by atoms with Gasteiger partial charge in [0.25, 0.3) is 0 Å². The van der Waals surface area contributed by atoms with Crippen LogP contribution >= 0.6 is 0 Å². The summed E-state index contributed by atoms with van der Waals surface area (Å²) in [7, 11) is 0. The second-order valence-corrected chi connectivity index (χ2v) is 6.60. The summed E-state index contributed by atoms with van der Waals surface area (Å²) in [6, 6.07) is 0. The smallest absolute Gasteiger partial charge is 0.169 e. The van der Waals surface area contributed by atoms with Crippen molar-refractivity contribution in [3.8, 4) is 0 Å². The lowest BCUT2D eigenvalue weighted by molar-refractivity contribution is -0.192. The van der Waals surface area contributed by atoms with Gasteiger partial charge in [-0.25, -0.2) is 0 Å². The van der Waals surface area contributed by atoms with Crippen molar-refractivity contribution in [2.75, 3.05) is 26.3 Å². The fourth-order valence-corrected chi connectivity index (χ4v) is 3.65. The summed E-state index contributed by atoms with van der Waals surface area (Å²) in [6.07, 6.45) is 3.47. The van der Waals surface area contributed by atoms with Crippen LogP contribution in [0.4, 0.5) is 0 Å². The van der Waals surface area contributed by atoms with E-state index in [-0.39, 0.29) is 0 Å². The molecule has 2 aliphatic heterocycles. The number of piperidine rings is 1. The predicted molar refractivity (Wildman–Crippen MR) is 83.4 cm³/mol. The highest BCUT2D eigenvalue weighted by molar-refractivity contribution is 4.95. The topological polar surface area (TPSA) is 52.4 Å². The molecule has 0 saturated carbocycles. The van der Waals surface area contributed by atoms with E-state index in [1.54, 1.807) is 0 Å². The third-order valence-electron chi connectivity index (χ3n) is 4.93. The number of rotatable bonds is 5. The highest BCUT2D eigenvalue weighted by Gasteiger charge is 2.41. The molecule has 2 saturated heterocycles. The van der Waals surface area contributed by atoms with Gasteiger partial charge in [-0.05, 0) is 39.7 Å². The van der Waals surface area contributed by atoms with Crippen molar-refractivity contribution in [1.29, 1.82) is 0 Å². The number of hydrogen-bond acceptors (Lipinski definition) is 5. The molecule has 0 bridgehead atoms. The van der Waals surface area contributed by atoms with E-state index < -0.39 is 5.79 Å². The molecule has 1 aromatic rings.